The molecular weight excluding hydrogens is 204 g/mol. The first-order valence-corrected chi connectivity index (χ1v) is 5.09. The van der Waals surface area contributed by atoms with Crippen LogP contribution >= 0.6 is 0 Å². The van der Waals surface area contributed by atoms with E-state index in [2.05, 4.69) is 4.98 Å². The molecule has 4 nitrogen and oxygen atoms in total. The molecule has 0 saturated heterocycles. The second-order valence-electron chi connectivity index (χ2n) is 3.54. The predicted molar refractivity (Wildman–Crippen MR) is 61.5 cm³/mol. The number of aromatic nitrogens is 2. The lowest BCUT2D eigenvalue weighted by Gasteiger charge is -2.04. The normalized spacial score (nSPS) is 10.2. The molecule has 1 aromatic heterocycles. The summed E-state index contributed by atoms with van der Waals surface area (Å²) in [7, 11) is 0. The first kappa shape index (κ1) is 10.4. The first-order chi connectivity index (χ1) is 7.75. The molecule has 1 N–H and O–H groups in total. The van der Waals surface area contributed by atoms with Gasteiger partial charge < -0.3 is 4.57 Å². The van der Waals surface area contributed by atoms with Gasteiger partial charge in [0.1, 0.15) is 0 Å². The Balaban J connectivity index is 2.11. The number of nitrogens with one attached hydrogen (secondary N) is 1. The van der Waals surface area contributed by atoms with Gasteiger partial charge in [-0.25, -0.2) is 4.79 Å². The van der Waals surface area contributed by atoms with E-state index in [1.54, 1.807) is 0 Å². The Morgan fingerprint density at radius 2 is 1.81 bits per heavy atom. The smallest absolute Gasteiger partial charge is 0.300 e. The Labute approximate surface area is 92.2 Å². The summed E-state index contributed by atoms with van der Waals surface area (Å²) < 4.78 is 1.49. The SMILES string of the molecule is O=c1ccn(CCc2ccccc2)c(=O)[nH]1. The number of hydrogen-bond acceptors (Lipinski definition) is 2. The van der Waals surface area contributed by atoms with Crippen LogP contribution in [0, 0.1) is 0 Å². The Morgan fingerprint density at radius 1 is 1.06 bits per heavy atom. The van der Waals surface area contributed by atoms with Gasteiger partial charge in [0.25, 0.3) is 5.56 Å². The van der Waals surface area contributed by atoms with Crippen molar-refractivity contribution in [1.82, 2.24) is 9.55 Å². The average Bonchev–Trinajstić information content (AvgIpc) is 2.29. The molecule has 82 valence electrons. The zero-order valence-corrected chi connectivity index (χ0v) is 8.72. The largest absolute Gasteiger partial charge is 0.328 e. The van der Waals surface area contributed by atoms with Crippen LogP contribution in [0.5, 0.6) is 0 Å². The fraction of sp³-hybridized carbons (Fsp3) is 0.167. The third-order valence-corrected chi connectivity index (χ3v) is 2.38. The van der Waals surface area contributed by atoms with E-state index in [4.69, 9.17) is 0 Å². The lowest BCUT2D eigenvalue weighted by atomic mass is 10.1. The maximum atomic E-state index is 11.4. The fourth-order valence-corrected chi connectivity index (χ4v) is 1.51. The number of H-pyrrole nitrogens is 1. The highest BCUT2D eigenvalue weighted by Gasteiger charge is 1.97. The fourth-order valence-electron chi connectivity index (χ4n) is 1.51. The molecule has 0 aliphatic heterocycles. The van der Waals surface area contributed by atoms with Gasteiger partial charge in [-0.05, 0) is 12.0 Å². The highest BCUT2D eigenvalue weighted by atomic mass is 16.2. The summed E-state index contributed by atoms with van der Waals surface area (Å²) in [4.78, 5) is 24.4. The topological polar surface area (TPSA) is 54.9 Å². The van der Waals surface area contributed by atoms with Crippen LogP contribution < -0.4 is 11.2 Å². The zero-order chi connectivity index (χ0) is 11.4. The summed E-state index contributed by atoms with van der Waals surface area (Å²) in [5, 5.41) is 0. The van der Waals surface area contributed by atoms with Crippen LogP contribution in [-0.4, -0.2) is 9.55 Å². The number of hydrogen-bond donors (Lipinski definition) is 1. The van der Waals surface area contributed by atoms with E-state index < -0.39 is 0 Å². The molecule has 0 unspecified atom stereocenters. The predicted octanol–water partition coefficient (Wildman–Crippen LogP) is 0.779. The summed E-state index contributed by atoms with van der Waals surface area (Å²) >= 11 is 0. The molecule has 1 heterocycles. The summed E-state index contributed by atoms with van der Waals surface area (Å²) in [6, 6.07) is 11.3. The average molecular weight is 216 g/mol. The van der Waals surface area contributed by atoms with Crippen molar-refractivity contribution in [2.45, 2.75) is 13.0 Å². The van der Waals surface area contributed by atoms with Gasteiger partial charge in [-0.3, -0.25) is 9.78 Å². The summed E-state index contributed by atoms with van der Waals surface area (Å²) in [6.45, 7) is 0.569. The molecule has 0 bridgehead atoms. The van der Waals surface area contributed by atoms with Crippen molar-refractivity contribution in [2.75, 3.05) is 0 Å². The number of aryl methyl sites for hydroxylation is 2. The van der Waals surface area contributed by atoms with Gasteiger partial charge >= 0.3 is 5.69 Å². The van der Waals surface area contributed by atoms with Crippen molar-refractivity contribution < 1.29 is 0 Å². The maximum Gasteiger partial charge on any atom is 0.328 e. The standard InChI is InChI=1S/C12H12N2O2/c15-11-7-9-14(12(16)13-11)8-6-10-4-2-1-3-5-10/h1-5,7,9H,6,8H2,(H,13,15,16). The molecule has 0 spiro atoms. The van der Waals surface area contributed by atoms with Crippen molar-refractivity contribution in [2.24, 2.45) is 0 Å². The van der Waals surface area contributed by atoms with E-state index in [0.29, 0.717) is 6.54 Å². The zero-order valence-electron chi connectivity index (χ0n) is 8.72. The lowest BCUT2D eigenvalue weighted by molar-refractivity contribution is 0.645. The Bertz CT molecular complexity index is 569. The third kappa shape index (κ3) is 2.48. The molecular formula is C12H12N2O2. The van der Waals surface area contributed by atoms with Crippen LogP contribution in [0.1, 0.15) is 5.56 Å². The minimum absolute atomic E-state index is 0.358. The van der Waals surface area contributed by atoms with Crippen molar-refractivity contribution in [3.05, 3.63) is 69.0 Å². The molecule has 0 amide bonds. The van der Waals surface area contributed by atoms with E-state index in [1.165, 1.54) is 22.4 Å². The monoisotopic (exact) mass is 216 g/mol. The van der Waals surface area contributed by atoms with Gasteiger partial charge in [0.05, 0.1) is 0 Å². The third-order valence-electron chi connectivity index (χ3n) is 2.38. The summed E-state index contributed by atoms with van der Waals surface area (Å²) in [5.41, 5.74) is 0.449. The van der Waals surface area contributed by atoms with E-state index in [9.17, 15) is 9.59 Å². The minimum Gasteiger partial charge on any atom is -0.300 e. The summed E-state index contributed by atoms with van der Waals surface area (Å²) in [5.74, 6) is 0. The van der Waals surface area contributed by atoms with Gasteiger partial charge in [-0.1, -0.05) is 30.3 Å². The Morgan fingerprint density at radius 3 is 2.50 bits per heavy atom. The van der Waals surface area contributed by atoms with Gasteiger partial charge in [-0.15, -0.1) is 0 Å². The number of aromatic amines is 1. The molecule has 1 aromatic carbocycles. The Hall–Kier alpha value is -2.10. The van der Waals surface area contributed by atoms with Crippen LogP contribution in [-0.2, 0) is 13.0 Å². The first-order valence-electron chi connectivity index (χ1n) is 5.09. The number of rotatable bonds is 3. The van der Waals surface area contributed by atoms with E-state index in [1.807, 2.05) is 30.3 Å². The Kier molecular flexibility index (Phi) is 3.00. The second kappa shape index (κ2) is 4.61. The second-order valence-corrected chi connectivity index (χ2v) is 3.54. The number of nitrogens with zero attached hydrogens (tertiary/aromatic N) is 1. The molecule has 0 atom stereocenters. The molecule has 16 heavy (non-hydrogen) atoms. The van der Waals surface area contributed by atoms with Gasteiger partial charge in [0, 0.05) is 18.8 Å². The lowest BCUT2D eigenvalue weighted by Crippen LogP contribution is -2.29. The van der Waals surface area contributed by atoms with Gasteiger partial charge in [0.15, 0.2) is 0 Å². The van der Waals surface area contributed by atoms with Crippen molar-refractivity contribution >= 4 is 0 Å². The summed E-state index contributed by atoms with van der Waals surface area (Å²) in [6.07, 6.45) is 2.29. The van der Waals surface area contributed by atoms with Crippen LogP contribution in [0.3, 0.4) is 0 Å². The quantitative estimate of drug-likeness (QED) is 0.824. The van der Waals surface area contributed by atoms with Crippen molar-refractivity contribution in [1.29, 1.82) is 0 Å². The molecule has 0 aliphatic carbocycles. The molecule has 0 saturated carbocycles. The highest BCUT2D eigenvalue weighted by molar-refractivity contribution is 5.14. The molecule has 4 heteroatoms. The van der Waals surface area contributed by atoms with Crippen molar-refractivity contribution in [3.8, 4) is 0 Å². The number of benzene rings is 1. The minimum atomic E-state index is -0.360. The van der Waals surface area contributed by atoms with E-state index in [-0.39, 0.29) is 11.2 Å². The molecule has 0 aliphatic rings. The van der Waals surface area contributed by atoms with Gasteiger partial charge in [0.2, 0.25) is 0 Å². The van der Waals surface area contributed by atoms with Crippen LogP contribution in [0.25, 0.3) is 0 Å². The van der Waals surface area contributed by atoms with Crippen LogP contribution in [0.2, 0.25) is 0 Å². The van der Waals surface area contributed by atoms with Crippen LogP contribution in [0.15, 0.2) is 52.2 Å². The molecule has 2 aromatic rings. The molecule has 0 radical (unpaired) electrons. The van der Waals surface area contributed by atoms with Crippen molar-refractivity contribution in [3.63, 3.8) is 0 Å². The van der Waals surface area contributed by atoms with Gasteiger partial charge in [-0.2, -0.15) is 0 Å². The van der Waals surface area contributed by atoms with E-state index >= 15 is 0 Å². The van der Waals surface area contributed by atoms with Crippen LogP contribution in [0.4, 0.5) is 0 Å². The molecule has 2 rings (SSSR count). The van der Waals surface area contributed by atoms with E-state index in [0.717, 1.165) is 6.42 Å². The maximum absolute atomic E-state index is 11.4. The highest BCUT2D eigenvalue weighted by Crippen LogP contribution is 1.99. The molecule has 0 fully saturated rings.